The molecule has 0 aliphatic rings. The number of rotatable bonds is 7. The number of carbonyl (C=O) groups is 2. The largest absolute Gasteiger partial charge is 0.480 e. The van der Waals surface area contributed by atoms with Crippen molar-refractivity contribution in [1.82, 2.24) is 5.32 Å². The molecule has 0 aliphatic carbocycles. The summed E-state index contributed by atoms with van der Waals surface area (Å²) in [4.78, 5) is 23.9. The van der Waals surface area contributed by atoms with Crippen molar-refractivity contribution in [2.45, 2.75) is 38.1 Å². The van der Waals surface area contributed by atoms with E-state index in [-0.39, 0.29) is 11.7 Å². The van der Waals surface area contributed by atoms with Crippen molar-refractivity contribution < 1.29 is 14.7 Å². The number of hydrogen-bond donors (Lipinski definition) is 2. The number of carboxylic acids is 1. The lowest BCUT2D eigenvalue weighted by molar-refractivity contribution is -0.141. The molecule has 0 saturated heterocycles. The fourth-order valence-electron chi connectivity index (χ4n) is 1.83. The molecular formula is C16H21NO3S. The van der Waals surface area contributed by atoms with Crippen LogP contribution >= 0.6 is 11.8 Å². The zero-order valence-electron chi connectivity index (χ0n) is 12.6. The zero-order valence-corrected chi connectivity index (χ0v) is 13.4. The van der Waals surface area contributed by atoms with Crippen molar-refractivity contribution >= 4 is 23.6 Å². The summed E-state index contributed by atoms with van der Waals surface area (Å²) in [5, 5.41) is 11.6. The molecule has 21 heavy (non-hydrogen) atoms. The third-order valence-corrected chi connectivity index (χ3v) is 4.11. The van der Waals surface area contributed by atoms with Crippen LogP contribution in [0.5, 0.6) is 0 Å². The van der Waals surface area contributed by atoms with E-state index in [4.69, 9.17) is 5.11 Å². The molecule has 2 N–H and O–H groups in total. The zero-order chi connectivity index (χ0) is 15.8. The van der Waals surface area contributed by atoms with E-state index >= 15 is 0 Å². The first kappa shape index (κ1) is 17.3. The molecule has 1 aromatic carbocycles. The second-order valence-electron chi connectivity index (χ2n) is 4.82. The van der Waals surface area contributed by atoms with Crippen LogP contribution in [0.4, 0.5) is 0 Å². The summed E-state index contributed by atoms with van der Waals surface area (Å²) >= 11 is 1.42. The van der Waals surface area contributed by atoms with Crippen LogP contribution < -0.4 is 5.32 Å². The van der Waals surface area contributed by atoms with Crippen LogP contribution in [-0.4, -0.2) is 28.8 Å². The first-order valence-electron chi connectivity index (χ1n) is 6.77. The molecule has 0 radical (unpaired) electrons. The fourth-order valence-corrected chi connectivity index (χ4v) is 2.66. The summed E-state index contributed by atoms with van der Waals surface area (Å²) < 4.78 is 0. The third-order valence-electron chi connectivity index (χ3n) is 2.93. The van der Waals surface area contributed by atoms with Gasteiger partial charge in [0.1, 0.15) is 6.04 Å². The van der Waals surface area contributed by atoms with Crippen LogP contribution in [0, 0.1) is 13.8 Å². The van der Waals surface area contributed by atoms with Gasteiger partial charge in [-0.25, -0.2) is 4.79 Å². The van der Waals surface area contributed by atoms with Crippen molar-refractivity contribution in [3.8, 4) is 0 Å². The van der Waals surface area contributed by atoms with Crippen molar-refractivity contribution in [3.05, 3.63) is 41.5 Å². The van der Waals surface area contributed by atoms with Gasteiger partial charge in [0.2, 0.25) is 5.91 Å². The number of amides is 1. The van der Waals surface area contributed by atoms with Gasteiger partial charge in [-0.1, -0.05) is 29.8 Å². The van der Waals surface area contributed by atoms with Crippen LogP contribution in [-0.2, 0) is 9.59 Å². The van der Waals surface area contributed by atoms with Crippen LogP contribution in [0.15, 0.2) is 35.2 Å². The molecule has 1 unspecified atom stereocenters. The van der Waals surface area contributed by atoms with Crippen molar-refractivity contribution in [3.63, 3.8) is 0 Å². The summed E-state index contributed by atoms with van der Waals surface area (Å²) in [6, 6.07) is 5.18. The maximum atomic E-state index is 11.9. The predicted molar refractivity (Wildman–Crippen MR) is 85.6 cm³/mol. The minimum atomic E-state index is -1.02. The molecule has 0 spiro atoms. The first-order chi connectivity index (χ1) is 9.93. The Morgan fingerprint density at radius 2 is 2.10 bits per heavy atom. The number of nitrogens with one attached hydrogen (secondary N) is 1. The highest BCUT2D eigenvalue weighted by Gasteiger charge is 2.18. The topological polar surface area (TPSA) is 66.4 Å². The van der Waals surface area contributed by atoms with E-state index in [9.17, 15) is 9.59 Å². The number of carbonyl (C=O) groups excluding carboxylic acids is 1. The van der Waals surface area contributed by atoms with Gasteiger partial charge in [-0.15, -0.1) is 11.8 Å². The van der Waals surface area contributed by atoms with Gasteiger partial charge in [0.15, 0.2) is 0 Å². The quantitative estimate of drug-likeness (QED) is 0.600. The molecule has 1 amide bonds. The highest BCUT2D eigenvalue weighted by atomic mass is 32.2. The normalized spacial score (nSPS) is 12.3. The van der Waals surface area contributed by atoms with E-state index in [1.165, 1.54) is 17.3 Å². The van der Waals surface area contributed by atoms with Gasteiger partial charge in [0.25, 0.3) is 0 Å². The molecule has 0 fully saturated rings. The molecule has 1 rings (SSSR count). The van der Waals surface area contributed by atoms with E-state index < -0.39 is 12.0 Å². The Labute approximate surface area is 129 Å². The number of aliphatic carboxylic acids is 1. The summed E-state index contributed by atoms with van der Waals surface area (Å²) in [7, 11) is 0. The number of carboxylic acid groups (broad SMARTS) is 1. The maximum absolute atomic E-state index is 11.9. The standard InChI is InChI=1S/C16H21NO3S/c1-4-5-6-13(16(19)20)17-15(18)10-21-14-8-7-11(2)9-12(14)3/h4-5,7-9,13H,6,10H2,1-3H3,(H,17,18)(H,19,20)/b5-4+. The lowest BCUT2D eigenvalue weighted by atomic mass is 10.2. The monoisotopic (exact) mass is 307 g/mol. The molecule has 1 aromatic rings. The Morgan fingerprint density at radius 1 is 1.38 bits per heavy atom. The first-order valence-corrected chi connectivity index (χ1v) is 7.76. The molecule has 0 aromatic heterocycles. The van der Waals surface area contributed by atoms with E-state index in [1.807, 2.05) is 32.9 Å². The smallest absolute Gasteiger partial charge is 0.326 e. The fraction of sp³-hybridized carbons (Fsp3) is 0.375. The highest BCUT2D eigenvalue weighted by molar-refractivity contribution is 8.00. The number of hydrogen-bond acceptors (Lipinski definition) is 3. The van der Waals surface area contributed by atoms with Crippen LogP contribution in [0.3, 0.4) is 0 Å². The van der Waals surface area contributed by atoms with Crippen LogP contribution in [0.25, 0.3) is 0 Å². The summed E-state index contributed by atoms with van der Waals surface area (Å²) in [6.07, 6.45) is 3.80. The van der Waals surface area contributed by atoms with Crippen molar-refractivity contribution in [2.75, 3.05) is 5.75 Å². The molecule has 0 bridgehead atoms. The number of benzene rings is 1. The maximum Gasteiger partial charge on any atom is 0.326 e. The van der Waals surface area contributed by atoms with Crippen LogP contribution in [0.1, 0.15) is 24.5 Å². The molecule has 0 heterocycles. The molecule has 0 saturated carbocycles. The van der Waals surface area contributed by atoms with Crippen molar-refractivity contribution in [2.24, 2.45) is 0 Å². The minimum Gasteiger partial charge on any atom is -0.480 e. The van der Waals surface area contributed by atoms with Crippen molar-refractivity contribution in [1.29, 1.82) is 0 Å². The summed E-state index contributed by atoms with van der Waals surface area (Å²) in [5.74, 6) is -1.07. The summed E-state index contributed by atoms with van der Waals surface area (Å²) in [5.41, 5.74) is 2.30. The van der Waals surface area contributed by atoms with E-state index in [0.29, 0.717) is 6.42 Å². The minimum absolute atomic E-state index is 0.212. The Balaban J connectivity index is 2.54. The Hall–Kier alpha value is -1.75. The number of thioether (sulfide) groups is 1. The van der Waals surface area contributed by atoms with Gasteiger partial charge in [-0.3, -0.25) is 4.79 Å². The SMILES string of the molecule is C/C=C/CC(NC(=O)CSc1ccc(C)cc1C)C(=O)O. The van der Waals surface area contributed by atoms with Gasteiger partial charge >= 0.3 is 5.97 Å². The predicted octanol–water partition coefficient (Wildman–Crippen LogP) is 2.93. The van der Waals surface area contributed by atoms with E-state index in [1.54, 1.807) is 12.2 Å². The third kappa shape index (κ3) is 6.04. The van der Waals surface area contributed by atoms with Gasteiger partial charge in [0, 0.05) is 4.90 Å². The molecule has 114 valence electrons. The van der Waals surface area contributed by atoms with E-state index in [2.05, 4.69) is 11.4 Å². The van der Waals surface area contributed by atoms with Gasteiger partial charge in [-0.2, -0.15) is 0 Å². The Bertz CT molecular complexity index is 540. The van der Waals surface area contributed by atoms with E-state index in [0.717, 1.165) is 10.5 Å². The number of aryl methyl sites for hydroxylation is 2. The lowest BCUT2D eigenvalue weighted by Crippen LogP contribution is -2.41. The molecule has 1 atom stereocenters. The average molecular weight is 307 g/mol. The lowest BCUT2D eigenvalue weighted by Gasteiger charge is -2.13. The molecular weight excluding hydrogens is 286 g/mol. The second-order valence-corrected chi connectivity index (χ2v) is 5.84. The van der Waals surface area contributed by atoms with Gasteiger partial charge < -0.3 is 10.4 Å². The second kappa shape index (κ2) is 8.52. The average Bonchev–Trinajstić information content (AvgIpc) is 2.42. The Kier molecular flexibility index (Phi) is 7.02. The van der Waals surface area contributed by atoms with Gasteiger partial charge in [-0.05, 0) is 38.8 Å². The Morgan fingerprint density at radius 3 is 2.67 bits per heavy atom. The van der Waals surface area contributed by atoms with Crippen LogP contribution in [0.2, 0.25) is 0 Å². The number of allylic oxidation sites excluding steroid dienone is 1. The summed E-state index contributed by atoms with van der Waals surface area (Å²) in [6.45, 7) is 5.84. The highest BCUT2D eigenvalue weighted by Crippen LogP contribution is 2.22. The molecule has 0 aliphatic heterocycles. The van der Waals surface area contributed by atoms with Gasteiger partial charge in [0.05, 0.1) is 5.75 Å². The molecule has 5 heteroatoms. The molecule has 4 nitrogen and oxygen atoms in total.